The van der Waals surface area contributed by atoms with Crippen LogP contribution in [0.5, 0.6) is 0 Å². The van der Waals surface area contributed by atoms with Gasteiger partial charge in [-0.2, -0.15) is 0 Å². The van der Waals surface area contributed by atoms with Crippen LogP contribution >= 0.6 is 0 Å². The van der Waals surface area contributed by atoms with Gasteiger partial charge in [0.25, 0.3) is 11.1 Å². The molecule has 0 aliphatic carbocycles. The highest BCUT2D eigenvalue weighted by Gasteiger charge is 2.22. The molecule has 0 atom stereocenters. The van der Waals surface area contributed by atoms with E-state index in [0.29, 0.717) is 0 Å². The molecule has 0 aromatic carbocycles. The lowest BCUT2D eigenvalue weighted by Crippen LogP contribution is -2.49. The van der Waals surface area contributed by atoms with Gasteiger partial charge in [-0.1, -0.05) is 0 Å². The molecule has 22 nitrogen and oxygen atoms in total. The Morgan fingerprint density at radius 3 is 1.47 bits per heavy atom. The Hall–Kier alpha value is -6.79. The van der Waals surface area contributed by atoms with Crippen LogP contribution in [-0.4, -0.2) is 134 Å². The first-order chi connectivity index (χ1) is 25.9. The van der Waals surface area contributed by atoms with Gasteiger partial charge in [0, 0.05) is 82.6 Å². The Balaban J connectivity index is 2.17. The number of rotatable bonds is 21. The fraction of sp³-hybridized carbons (Fsp3) is 0.485. The number of aryl methyl sites for hydroxylation is 2. The number of nitrogens with zero attached hydrogens (tertiary/aromatic N) is 5. The maximum atomic E-state index is 13.4. The number of amides is 7. The van der Waals surface area contributed by atoms with Gasteiger partial charge in [0.1, 0.15) is 13.1 Å². The average molecular weight is 772 g/mol. The molecule has 22 heteroatoms. The molecule has 298 valence electrons. The minimum atomic E-state index is -0.881. The van der Waals surface area contributed by atoms with Crippen LogP contribution in [0.3, 0.4) is 0 Å². The highest BCUT2D eigenvalue weighted by molar-refractivity contribution is 5.86. The number of aromatic nitrogens is 4. The van der Waals surface area contributed by atoms with Crippen LogP contribution in [0.25, 0.3) is 0 Å². The summed E-state index contributed by atoms with van der Waals surface area (Å²) in [5.41, 5.74) is 2.53. The van der Waals surface area contributed by atoms with Crippen molar-refractivity contribution in [3.8, 4) is 12.3 Å². The molecule has 0 radical (unpaired) electrons. The Morgan fingerprint density at radius 2 is 1.09 bits per heavy atom. The van der Waals surface area contributed by atoms with Gasteiger partial charge in [-0.3, -0.25) is 62.3 Å². The molecule has 0 saturated carbocycles. The lowest BCUT2D eigenvalue weighted by Gasteiger charge is -2.25. The number of hydrogen-bond donors (Lipinski definition) is 6. The highest BCUT2D eigenvalue weighted by atomic mass is 16.2. The van der Waals surface area contributed by atoms with Crippen molar-refractivity contribution < 1.29 is 33.6 Å². The van der Waals surface area contributed by atoms with Crippen molar-refractivity contribution in [3.63, 3.8) is 0 Å². The van der Waals surface area contributed by atoms with Crippen LogP contribution in [0.1, 0.15) is 30.9 Å². The third kappa shape index (κ3) is 15.4. The predicted molar refractivity (Wildman–Crippen MR) is 194 cm³/mol. The fourth-order valence-electron chi connectivity index (χ4n) is 4.85. The molecule has 7 N–H and O–H groups in total. The minimum absolute atomic E-state index is 0.0335. The van der Waals surface area contributed by atoms with Crippen molar-refractivity contribution in [3.05, 3.63) is 65.2 Å². The largest absolute Gasteiger partial charge is 0.368 e. The zero-order valence-electron chi connectivity index (χ0n) is 30.7. The second-order valence-electron chi connectivity index (χ2n) is 12.2. The van der Waals surface area contributed by atoms with Crippen LogP contribution in [0.15, 0.2) is 31.6 Å². The van der Waals surface area contributed by atoms with Gasteiger partial charge in [0.15, 0.2) is 0 Å². The van der Waals surface area contributed by atoms with Gasteiger partial charge in [0.05, 0.1) is 19.6 Å². The minimum Gasteiger partial charge on any atom is -0.368 e. The lowest BCUT2D eigenvalue weighted by atomic mass is 10.2. The molecule has 2 aromatic heterocycles. The molecule has 0 unspecified atom stereocenters. The molecule has 0 bridgehead atoms. The number of nitrogens with one attached hydrogen (secondary N) is 5. The maximum Gasteiger partial charge on any atom is 0.328 e. The Bertz CT molecular complexity index is 2040. The van der Waals surface area contributed by atoms with Gasteiger partial charge >= 0.3 is 11.4 Å². The number of primary amides is 1. The molecule has 0 aliphatic heterocycles. The van der Waals surface area contributed by atoms with E-state index in [2.05, 4.69) is 31.8 Å². The van der Waals surface area contributed by atoms with Crippen molar-refractivity contribution in [2.24, 2.45) is 5.73 Å². The van der Waals surface area contributed by atoms with Crippen LogP contribution in [0.4, 0.5) is 0 Å². The first-order valence-corrected chi connectivity index (χ1v) is 16.8. The number of carbonyl (C=O) groups excluding carboxylic acids is 7. The van der Waals surface area contributed by atoms with E-state index < -0.39 is 96.6 Å². The van der Waals surface area contributed by atoms with Gasteiger partial charge in [-0.15, -0.1) is 12.3 Å². The van der Waals surface area contributed by atoms with Crippen molar-refractivity contribution >= 4 is 41.4 Å². The standard InChI is InChI=1S/C33H45N11O11/c1-5-6-7-27(49)40(16-24(34)46)12-9-36-26(48)18-42(29(51)20-44-15-22(3)31(53)39-33(44)55)13-10-37-25(47)17-41(11-8-35-23(4)45)28(50)19-43-14-21(2)30(52)38-32(43)54/h1,14-15H,6-13,16-20H2,2-4H3,(H2,34,46)(H,35,45)(H,36,48)(H,37,47)(H,38,52,54)(H,39,53,55). The van der Waals surface area contributed by atoms with Gasteiger partial charge in [-0.25, -0.2) is 9.59 Å². The monoisotopic (exact) mass is 771 g/mol. The number of nitrogens with two attached hydrogens (primary N) is 1. The summed E-state index contributed by atoms with van der Waals surface area (Å²) in [5.74, 6) is -2.20. The fourth-order valence-corrected chi connectivity index (χ4v) is 4.85. The molecular formula is C33H45N11O11. The molecule has 2 aromatic rings. The van der Waals surface area contributed by atoms with Crippen LogP contribution in [0.2, 0.25) is 0 Å². The molecule has 0 spiro atoms. The molecule has 55 heavy (non-hydrogen) atoms. The first-order valence-electron chi connectivity index (χ1n) is 16.8. The normalized spacial score (nSPS) is 10.4. The smallest absolute Gasteiger partial charge is 0.328 e. The Kier molecular flexibility index (Phi) is 17.5. The van der Waals surface area contributed by atoms with Gasteiger partial charge in [-0.05, 0) is 13.8 Å². The summed E-state index contributed by atoms with van der Waals surface area (Å²) in [4.78, 5) is 143. The SMILES string of the molecule is C#CCCC(=O)N(CCNC(=O)CN(CCNC(=O)CN(CCNC(C)=O)C(=O)Cn1cc(C)c(=O)[nH]c1=O)C(=O)Cn1cc(C)c(=O)[nH]c1=O)CC(N)=O. The number of hydrogen-bond acceptors (Lipinski definition) is 11. The van der Waals surface area contributed by atoms with Crippen molar-refractivity contribution in [2.75, 3.05) is 58.9 Å². The van der Waals surface area contributed by atoms with Crippen LogP contribution in [-0.2, 0) is 46.7 Å². The first kappa shape index (κ1) is 44.4. The second-order valence-corrected chi connectivity index (χ2v) is 12.2. The number of carbonyl (C=O) groups is 7. The zero-order valence-corrected chi connectivity index (χ0v) is 30.7. The zero-order chi connectivity index (χ0) is 41.2. The molecule has 0 saturated heterocycles. The van der Waals surface area contributed by atoms with Crippen LogP contribution in [0, 0.1) is 26.2 Å². The van der Waals surface area contributed by atoms with E-state index in [-0.39, 0.29) is 63.2 Å². The van der Waals surface area contributed by atoms with E-state index in [4.69, 9.17) is 12.2 Å². The third-order valence-corrected chi connectivity index (χ3v) is 7.71. The van der Waals surface area contributed by atoms with E-state index >= 15 is 0 Å². The van der Waals surface area contributed by atoms with Crippen molar-refractivity contribution in [1.29, 1.82) is 0 Å². The van der Waals surface area contributed by atoms with Crippen LogP contribution < -0.4 is 44.2 Å². The molecule has 0 fully saturated rings. The summed E-state index contributed by atoms with van der Waals surface area (Å²) in [6.45, 7) is 0.492. The van der Waals surface area contributed by atoms with E-state index in [1.165, 1.54) is 33.2 Å². The summed E-state index contributed by atoms with van der Waals surface area (Å²) in [7, 11) is 0. The third-order valence-electron chi connectivity index (χ3n) is 7.71. The van der Waals surface area contributed by atoms with E-state index in [1.807, 2.05) is 0 Å². The highest BCUT2D eigenvalue weighted by Crippen LogP contribution is 1.99. The summed E-state index contributed by atoms with van der Waals surface area (Å²) < 4.78 is 1.89. The average Bonchev–Trinajstić information content (AvgIpc) is 3.10. The lowest BCUT2D eigenvalue weighted by molar-refractivity contribution is -0.137. The van der Waals surface area contributed by atoms with Crippen molar-refractivity contribution in [2.45, 2.75) is 46.7 Å². The summed E-state index contributed by atoms with van der Waals surface area (Å²) in [5, 5.41) is 7.57. The second kappa shape index (κ2) is 21.7. The topological polar surface area (TPSA) is 301 Å². The van der Waals surface area contributed by atoms with E-state index in [9.17, 15) is 52.7 Å². The van der Waals surface area contributed by atoms with E-state index in [1.54, 1.807) is 0 Å². The number of H-pyrrole nitrogens is 2. The van der Waals surface area contributed by atoms with Crippen molar-refractivity contribution in [1.82, 2.24) is 49.8 Å². The Morgan fingerprint density at radius 1 is 0.691 bits per heavy atom. The van der Waals surface area contributed by atoms with Gasteiger partial charge in [0.2, 0.25) is 41.4 Å². The van der Waals surface area contributed by atoms with E-state index in [0.717, 1.165) is 23.8 Å². The maximum absolute atomic E-state index is 13.4. The molecule has 0 aliphatic rings. The molecule has 2 heterocycles. The number of terminal acetylenes is 1. The summed E-state index contributed by atoms with van der Waals surface area (Å²) >= 11 is 0. The van der Waals surface area contributed by atoms with Gasteiger partial charge < -0.3 is 36.4 Å². The predicted octanol–water partition coefficient (Wildman–Crippen LogP) is -5.54. The number of aromatic amines is 2. The summed E-state index contributed by atoms with van der Waals surface area (Å²) in [6.07, 6.45) is 7.63. The quantitative estimate of drug-likeness (QED) is 0.0651. The Labute approximate surface area is 313 Å². The summed E-state index contributed by atoms with van der Waals surface area (Å²) in [6, 6.07) is 0. The molecular weight excluding hydrogens is 726 g/mol. The molecule has 2 rings (SSSR count). The molecule has 7 amide bonds.